The topological polar surface area (TPSA) is 99.7 Å². The molecule has 2 atom stereocenters. The monoisotopic (exact) mass is 255 g/mol. The first kappa shape index (κ1) is 13.0. The summed E-state index contributed by atoms with van der Waals surface area (Å²) in [5.74, 6) is 0.109. The van der Waals surface area contributed by atoms with Gasteiger partial charge in [0.15, 0.2) is 5.82 Å². The van der Waals surface area contributed by atoms with Gasteiger partial charge in [0.2, 0.25) is 5.89 Å². The third kappa shape index (κ3) is 2.85. The quantitative estimate of drug-likeness (QED) is 0.766. The van der Waals surface area contributed by atoms with Crippen LogP contribution in [0.3, 0.4) is 0 Å². The van der Waals surface area contributed by atoms with Gasteiger partial charge in [-0.15, -0.1) is 0 Å². The van der Waals surface area contributed by atoms with Gasteiger partial charge >= 0.3 is 5.97 Å². The van der Waals surface area contributed by atoms with Gasteiger partial charge in [-0.2, -0.15) is 4.98 Å². The molecule has 0 amide bonds. The first-order valence-corrected chi connectivity index (χ1v) is 6.06. The first-order chi connectivity index (χ1) is 8.60. The van der Waals surface area contributed by atoms with Crippen molar-refractivity contribution in [3.8, 4) is 0 Å². The lowest BCUT2D eigenvalue weighted by Crippen LogP contribution is -2.35. The van der Waals surface area contributed by atoms with Crippen LogP contribution in [0.4, 0.5) is 0 Å². The molecule has 2 rings (SSSR count). The van der Waals surface area contributed by atoms with Crippen LogP contribution in [-0.2, 0) is 17.8 Å². The minimum Gasteiger partial charge on any atom is -0.480 e. The lowest BCUT2D eigenvalue weighted by Gasteiger charge is -2.17. The molecule has 0 bridgehead atoms. The number of carboxylic acids is 1. The summed E-state index contributed by atoms with van der Waals surface area (Å²) < 4.78 is 5.07. The Bertz CT molecular complexity index is 420. The van der Waals surface area contributed by atoms with Crippen molar-refractivity contribution >= 4 is 5.97 Å². The zero-order valence-corrected chi connectivity index (χ0v) is 10.2. The number of hydrogen-bond donors (Lipinski definition) is 2. The molecule has 18 heavy (non-hydrogen) atoms. The minimum absolute atomic E-state index is 0.241. The largest absolute Gasteiger partial charge is 0.480 e. The van der Waals surface area contributed by atoms with Gasteiger partial charge in [-0.3, -0.25) is 9.69 Å². The summed E-state index contributed by atoms with van der Waals surface area (Å²) in [4.78, 5) is 16.9. The Kier molecular flexibility index (Phi) is 3.93. The average molecular weight is 255 g/mol. The van der Waals surface area contributed by atoms with E-state index in [4.69, 9.17) is 9.63 Å². The Morgan fingerprint density at radius 3 is 3.06 bits per heavy atom. The van der Waals surface area contributed by atoms with Gasteiger partial charge in [-0.1, -0.05) is 12.1 Å². The van der Waals surface area contributed by atoms with Crippen LogP contribution >= 0.6 is 0 Å². The number of hydrogen-bond acceptors (Lipinski definition) is 6. The molecule has 1 saturated heterocycles. The van der Waals surface area contributed by atoms with E-state index in [9.17, 15) is 9.90 Å². The Morgan fingerprint density at radius 2 is 2.39 bits per heavy atom. The number of carbonyl (C=O) groups is 1. The summed E-state index contributed by atoms with van der Waals surface area (Å²) in [7, 11) is 0. The predicted molar refractivity (Wildman–Crippen MR) is 60.8 cm³/mol. The Labute approximate surface area is 104 Å². The SMILES string of the molecule is CCCc1noc(CN2CC(O)CC2C(=O)O)n1. The molecule has 0 aromatic carbocycles. The van der Waals surface area contributed by atoms with Crippen LogP contribution in [0.15, 0.2) is 4.52 Å². The fourth-order valence-electron chi connectivity index (χ4n) is 2.16. The highest BCUT2D eigenvalue weighted by Crippen LogP contribution is 2.20. The van der Waals surface area contributed by atoms with E-state index in [0.717, 1.165) is 12.8 Å². The van der Waals surface area contributed by atoms with Gasteiger partial charge in [0.25, 0.3) is 0 Å². The van der Waals surface area contributed by atoms with Crippen molar-refractivity contribution in [1.82, 2.24) is 15.0 Å². The summed E-state index contributed by atoms with van der Waals surface area (Å²) in [5.41, 5.74) is 0. The second-order valence-electron chi connectivity index (χ2n) is 4.53. The maximum atomic E-state index is 11.0. The number of aliphatic carboxylic acids is 1. The number of aromatic nitrogens is 2. The number of rotatable bonds is 5. The van der Waals surface area contributed by atoms with E-state index < -0.39 is 18.1 Å². The lowest BCUT2D eigenvalue weighted by molar-refractivity contribution is -0.142. The molecule has 1 aromatic rings. The fourth-order valence-corrected chi connectivity index (χ4v) is 2.16. The maximum absolute atomic E-state index is 11.0. The van der Waals surface area contributed by atoms with Crippen LogP contribution in [-0.4, -0.2) is 49.9 Å². The van der Waals surface area contributed by atoms with Crippen LogP contribution in [0.2, 0.25) is 0 Å². The van der Waals surface area contributed by atoms with Crippen molar-refractivity contribution in [2.24, 2.45) is 0 Å². The average Bonchev–Trinajstić information content (AvgIpc) is 2.87. The molecule has 1 aromatic heterocycles. The van der Waals surface area contributed by atoms with Crippen molar-refractivity contribution in [3.05, 3.63) is 11.7 Å². The summed E-state index contributed by atoms with van der Waals surface area (Å²) in [5, 5.41) is 22.4. The van der Waals surface area contributed by atoms with Crippen LogP contribution in [0, 0.1) is 0 Å². The number of nitrogens with zero attached hydrogens (tertiary/aromatic N) is 3. The number of β-amino-alcohol motifs (C(OH)–C–C–N with tert-alkyl or cyclic N) is 1. The first-order valence-electron chi connectivity index (χ1n) is 6.06. The lowest BCUT2D eigenvalue weighted by atomic mass is 10.2. The summed E-state index contributed by atoms with van der Waals surface area (Å²) >= 11 is 0. The second kappa shape index (κ2) is 5.45. The minimum atomic E-state index is -0.931. The van der Waals surface area contributed by atoms with Gasteiger partial charge in [0.1, 0.15) is 6.04 Å². The molecule has 2 heterocycles. The molecule has 1 fully saturated rings. The van der Waals surface area contributed by atoms with Crippen molar-refractivity contribution in [2.45, 2.75) is 44.9 Å². The Balaban J connectivity index is 2.00. The normalized spacial score (nSPS) is 24.6. The van der Waals surface area contributed by atoms with Gasteiger partial charge in [-0.05, 0) is 6.42 Å². The van der Waals surface area contributed by atoms with E-state index in [1.54, 1.807) is 4.90 Å². The van der Waals surface area contributed by atoms with Crippen LogP contribution in [0.5, 0.6) is 0 Å². The van der Waals surface area contributed by atoms with Gasteiger partial charge < -0.3 is 14.7 Å². The summed E-state index contributed by atoms with van der Waals surface area (Å²) in [6, 6.07) is -0.679. The molecule has 0 saturated carbocycles. The highest BCUT2D eigenvalue weighted by Gasteiger charge is 2.36. The van der Waals surface area contributed by atoms with E-state index in [1.807, 2.05) is 6.92 Å². The molecule has 0 radical (unpaired) electrons. The molecule has 100 valence electrons. The van der Waals surface area contributed by atoms with E-state index in [2.05, 4.69) is 10.1 Å². The molecule has 0 spiro atoms. The fraction of sp³-hybridized carbons (Fsp3) is 0.727. The summed E-state index contributed by atoms with van der Waals surface area (Å²) in [6.07, 6.45) is 1.31. The van der Waals surface area contributed by atoms with Gasteiger partial charge in [0, 0.05) is 19.4 Å². The molecule has 7 heteroatoms. The number of carboxylic acid groups (broad SMARTS) is 1. The third-order valence-corrected chi connectivity index (χ3v) is 2.99. The number of aliphatic hydroxyl groups excluding tert-OH is 1. The molecular weight excluding hydrogens is 238 g/mol. The maximum Gasteiger partial charge on any atom is 0.321 e. The molecule has 1 aliphatic rings. The van der Waals surface area contributed by atoms with Crippen molar-refractivity contribution in [1.29, 1.82) is 0 Å². The van der Waals surface area contributed by atoms with Crippen LogP contribution < -0.4 is 0 Å². The van der Waals surface area contributed by atoms with Crippen molar-refractivity contribution in [2.75, 3.05) is 6.54 Å². The smallest absolute Gasteiger partial charge is 0.321 e. The highest BCUT2D eigenvalue weighted by atomic mass is 16.5. The standard InChI is InChI=1S/C11H17N3O4/c1-2-3-9-12-10(18-13-9)6-14-5-7(15)4-8(14)11(16)17/h7-8,15H,2-6H2,1H3,(H,16,17). The third-order valence-electron chi connectivity index (χ3n) is 2.99. The van der Waals surface area contributed by atoms with Crippen molar-refractivity contribution < 1.29 is 19.5 Å². The molecule has 2 unspecified atom stereocenters. The Hall–Kier alpha value is -1.47. The molecule has 2 N–H and O–H groups in total. The van der Waals surface area contributed by atoms with Crippen molar-refractivity contribution in [3.63, 3.8) is 0 Å². The number of likely N-dealkylation sites (tertiary alicyclic amines) is 1. The van der Waals surface area contributed by atoms with E-state index in [0.29, 0.717) is 18.3 Å². The zero-order chi connectivity index (χ0) is 13.1. The summed E-state index contributed by atoms with van der Waals surface area (Å²) in [6.45, 7) is 2.61. The second-order valence-corrected chi connectivity index (χ2v) is 4.53. The number of aliphatic hydroxyl groups is 1. The number of aryl methyl sites for hydroxylation is 1. The van der Waals surface area contributed by atoms with E-state index in [-0.39, 0.29) is 13.0 Å². The molecule has 0 aliphatic carbocycles. The van der Waals surface area contributed by atoms with Crippen LogP contribution in [0.25, 0.3) is 0 Å². The molecular formula is C11H17N3O4. The van der Waals surface area contributed by atoms with E-state index >= 15 is 0 Å². The van der Waals surface area contributed by atoms with Crippen LogP contribution in [0.1, 0.15) is 31.5 Å². The molecule has 1 aliphatic heterocycles. The van der Waals surface area contributed by atoms with E-state index in [1.165, 1.54) is 0 Å². The highest BCUT2D eigenvalue weighted by molar-refractivity contribution is 5.73. The zero-order valence-electron chi connectivity index (χ0n) is 10.2. The van der Waals surface area contributed by atoms with Gasteiger partial charge in [0.05, 0.1) is 12.6 Å². The predicted octanol–water partition coefficient (Wildman–Crippen LogP) is 0.0419. The molecule has 7 nitrogen and oxygen atoms in total. The Morgan fingerprint density at radius 1 is 1.61 bits per heavy atom. The van der Waals surface area contributed by atoms with Gasteiger partial charge in [-0.25, -0.2) is 0 Å².